The van der Waals surface area contributed by atoms with Crippen molar-refractivity contribution in [3.63, 3.8) is 0 Å². The zero-order chi connectivity index (χ0) is 19.4. The van der Waals surface area contributed by atoms with E-state index in [0.29, 0.717) is 33.0 Å². The van der Waals surface area contributed by atoms with Crippen molar-refractivity contribution >= 4 is 5.69 Å². The minimum Gasteiger partial charge on any atom is -0.399 e. The van der Waals surface area contributed by atoms with Gasteiger partial charge in [0.25, 0.3) is 0 Å². The Morgan fingerprint density at radius 3 is 1.54 bits per heavy atom. The maximum absolute atomic E-state index is 6.05. The predicted octanol–water partition coefficient (Wildman–Crippen LogP) is 4.59. The lowest BCUT2D eigenvalue weighted by atomic mass is 10.2. The maximum atomic E-state index is 6.05. The van der Waals surface area contributed by atoms with Gasteiger partial charge in [-0.25, -0.2) is 0 Å². The van der Waals surface area contributed by atoms with Crippen LogP contribution in [0.5, 0.6) is 0 Å². The van der Waals surface area contributed by atoms with Crippen LogP contribution in [-0.2, 0) is 34.0 Å². The van der Waals surface area contributed by atoms with E-state index in [9.17, 15) is 0 Å². The van der Waals surface area contributed by atoms with Gasteiger partial charge < -0.3 is 19.9 Å². The molecule has 28 heavy (non-hydrogen) atoms. The standard InChI is InChI=1S/C24H27NO3/c25-23-13-11-22(12-14-23)17-28-24(18-26-15-20-7-3-1-4-8-20)19-27-16-21-9-5-2-6-10-21/h1-14,24H,15-19,25H2. The molecule has 0 amide bonds. The molecule has 3 rings (SSSR count). The van der Waals surface area contributed by atoms with Gasteiger partial charge in [0.05, 0.1) is 33.0 Å². The van der Waals surface area contributed by atoms with Crippen LogP contribution in [0.3, 0.4) is 0 Å². The molecule has 0 aliphatic heterocycles. The van der Waals surface area contributed by atoms with Crippen molar-refractivity contribution in [3.05, 3.63) is 102 Å². The Morgan fingerprint density at radius 2 is 1.04 bits per heavy atom. The van der Waals surface area contributed by atoms with Crippen molar-refractivity contribution in [1.82, 2.24) is 0 Å². The van der Waals surface area contributed by atoms with Gasteiger partial charge in [-0.05, 0) is 28.8 Å². The lowest BCUT2D eigenvalue weighted by Gasteiger charge is -2.19. The molecule has 0 fully saturated rings. The number of nitrogen functional groups attached to an aromatic ring is 1. The lowest BCUT2D eigenvalue weighted by Crippen LogP contribution is -2.25. The summed E-state index contributed by atoms with van der Waals surface area (Å²) in [5.41, 5.74) is 9.85. The van der Waals surface area contributed by atoms with E-state index in [0.717, 1.165) is 22.4 Å². The summed E-state index contributed by atoms with van der Waals surface area (Å²) in [6, 6.07) is 28.0. The molecular weight excluding hydrogens is 350 g/mol. The molecule has 2 N–H and O–H groups in total. The second kappa shape index (κ2) is 11.2. The molecule has 0 unspecified atom stereocenters. The average molecular weight is 377 g/mol. The molecule has 0 aliphatic carbocycles. The number of hydrogen-bond acceptors (Lipinski definition) is 4. The second-order valence-corrected chi connectivity index (χ2v) is 6.68. The highest BCUT2D eigenvalue weighted by Crippen LogP contribution is 2.10. The fourth-order valence-corrected chi connectivity index (χ4v) is 2.74. The highest BCUT2D eigenvalue weighted by atomic mass is 16.6. The summed E-state index contributed by atoms with van der Waals surface area (Å²) in [5.74, 6) is 0. The molecule has 0 saturated heterocycles. The summed E-state index contributed by atoms with van der Waals surface area (Å²) in [7, 11) is 0. The Hall–Kier alpha value is -2.66. The highest BCUT2D eigenvalue weighted by Gasteiger charge is 2.11. The van der Waals surface area contributed by atoms with Gasteiger partial charge in [-0.2, -0.15) is 0 Å². The van der Waals surface area contributed by atoms with E-state index in [4.69, 9.17) is 19.9 Å². The number of rotatable bonds is 11. The number of ether oxygens (including phenoxy) is 3. The number of anilines is 1. The summed E-state index contributed by atoms with van der Waals surface area (Å²) in [6.45, 7) is 2.55. The van der Waals surface area contributed by atoms with E-state index in [1.54, 1.807) is 0 Å². The fraction of sp³-hybridized carbons (Fsp3) is 0.250. The molecule has 0 bridgehead atoms. The SMILES string of the molecule is Nc1ccc(COC(COCc2ccccc2)COCc2ccccc2)cc1. The minimum atomic E-state index is -0.148. The number of benzene rings is 3. The molecule has 0 saturated carbocycles. The quantitative estimate of drug-likeness (QED) is 0.497. The molecule has 4 heteroatoms. The monoisotopic (exact) mass is 377 g/mol. The van der Waals surface area contributed by atoms with Crippen molar-refractivity contribution in [2.24, 2.45) is 0 Å². The van der Waals surface area contributed by atoms with E-state index in [1.807, 2.05) is 60.7 Å². The van der Waals surface area contributed by atoms with E-state index >= 15 is 0 Å². The molecular formula is C24H27NO3. The summed E-state index contributed by atoms with van der Waals surface area (Å²) >= 11 is 0. The number of nitrogens with two attached hydrogens (primary N) is 1. The van der Waals surface area contributed by atoms with Crippen LogP contribution in [0.4, 0.5) is 5.69 Å². The van der Waals surface area contributed by atoms with Crippen LogP contribution < -0.4 is 5.73 Å². The Kier molecular flexibility index (Phi) is 8.07. The summed E-state index contributed by atoms with van der Waals surface area (Å²) < 4.78 is 17.8. The van der Waals surface area contributed by atoms with Gasteiger partial charge in [0.15, 0.2) is 0 Å². The van der Waals surface area contributed by atoms with Gasteiger partial charge in [-0.1, -0.05) is 72.8 Å². The fourth-order valence-electron chi connectivity index (χ4n) is 2.74. The summed E-state index contributed by atoms with van der Waals surface area (Å²) in [4.78, 5) is 0. The van der Waals surface area contributed by atoms with Crippen molar-refractivity contribution < 1.29 is 14.2 Å². The third-order valence-corrected chi connectivity index (χ3v) is 4.30. The molecule has 0 aromatic heterocycles. The Balaban J connectivity index is 1.49. The normalized spacial score (nSPS) is 11.0. The molecule has 0 spiro atoms. The molecule has 0 atom stereocenters. The first-order valence-electron chi connectivity index (χ1n) is 9.49. The van der Waals surface area contributed by atoms with Crippen molar-refractivity contribution in [3.8, 4) is 0 Å². The van der Waals surface area contributed by atoms with Crippen LogP contribution in [0.15, 0.2) is 84.9 Å². The number of hydrogen-bond donors (Lipinski definition) is 1. The third-order valence-electron chi connectivity index (χ3n) is 4.30. The smallest absolute Gasteiger partial charge is 0.105 e. The predicted molar refractivity (Wildman–Crippen MR) is 112 cm³/mol. The van der Waals surface area contributed by atoms with Gasteiger partial charge in [-0.3, -0.25) is 0 Å². The zero-order valence-electron chi connectivity index (χ0n) is 16.0. The highest BCUT2D eigenvalue weighted by molar-refractivity contribution is 5.39. The van der Waals surface area contributed by atoms with Crippen LogP contribution >= 0.6 is 0 Å². The van der Waals surface area contributed by atoms with Gasteiger partial charge in [0.1, 0.15) is 6.10 Å². The largest absolute Gasteiger partial charge is 0.399 e. The molecule has 0 radical (unpaired) electrons. The van der Waals surface area contributed by atoms with Gasteiger partial charge >= 0.3 is 0 Å². The van der Waals surface area contributed by atoms with Crippen LogP contribution in [-0.4, -0.2) is 19.3 Å². The van der Waals surface area contributed by atoms with Gasteiger partial charge in [0, 0.05) is 5.69 Å². The van der Waals surface area contributed by atoms with E-state index in [2.05, 4.69) is 24.3 Å². The van der Waals surface area contributed by atoms with E-state index in [-0.39, 0.29) is 6.10 Å². The van der Waals surface area contributed by atoms with Crippen LogP contribution in [0.25, 0.3) is 0 Å². The first-order chi connectivity index (χ1) is 13.8. The Morgan fingerprint density at radius 1 is 0.571 bits per heavy atom. The van der Waals surface area contributed by atoms with Crippen LogP contribution in [0, 0.1) is 0 Å². The first-order valence-corrected chi connectivity index (χ1v) is 9.49. The minimum absolute atomic E-state index is 0.148. The first kappa shape index (κ1) is 20.1. The average Bonchev–Trinajstić information content (AvgIpc) is 2.74. The van der Waals surface area contributed by atoms with E-state index in [1.165, 1.54) is 0 Å². The lowest BCUT2D eigenvalue weighted by molar-refractivity contribution is -0.0729. The third kappa shape index (κ3) is 7.16. The summed E-state index contributed by atoms with van der Waals surface area (Å²) in [6.07, 6.45) is -0.148. The Labute approximate surface area is 166 Å². The molecule has 3 aromatic carbocycles. The van der Waals surface area contributed by atoms with Crippen molar-refractivity contribution in [2.45, 2.75) is 25.9 Å². The summed E-state index contributed by atoms with van der Waals surface area (Å²) in [5, 5.41) is 0. The molecule has 4 nitrogen and oxygen atoms in total. The molecule has 146 valence electrons. The zero-order valence-corrected chi connectivity index (χ0v) is 16.0. The maximum Gasteiger partial charge on any atom is 0.105 e. The second-order valence-electron chi connectivity index (χ2n) is 6.68. The van der Waals surface area contributed by atoms with Gasteiger partial charge in [-0.15, -0.1) is 0 Å². The van der Waals surface area contributed by atoms with E-state index < -0.39 is 0 Å². The Bertz CT molecular complexity index is 746. The van der Waals surface area contributed by atoms with Gasteiger partial charge in [0.2, 0.25) is 0 Å². The molecule has 0 aliphatic rings. The van der Waals surface area contributed by atoms with Crippen molar-refractivity contribution in [2.75, 3.05) is 18.9 Å². The molecule has 3 aromatic rings. The molecule has 0 heterocycles. The van der Waals surface area contributed by atoms with Crippen molar-refractivity contribution in [1.29, 1.82) is 0 Å². The van der Waals surface area contributed by atoms with Crippen LogP contribution in [0.2, 0.25) is 0 Å². The van der Waals surface area contributed by atoms with Crippen LogP contribution in [0.1, 0.15) is 16.7 Å². The topological polar surface area (TPSA) is 53.7 Å².